The lowest BCUT2D eigenvalue weighted by Gasteiger charge is -1.92. The van der Waals surface area contributed by atoms with Gasteiger partial charge in [-0.25, -0.2) is 0 Å². The Kier molecular flexibility index (Phi) is 2.36. The van der Waals surface area contributed by atoms with Crippen molar-refractivity contribution >= 4 is 6.08 Å². The predicted molar refractivity (Wildman–Crippen MR) is 41.4 cm³/mol. The van der Waals surface area contributed by atoms with Gasteiger partial charge >= 0.3 is 0 Å². The number of hydrogen-bond donors (Lipinski definition) is 0. The van der Waals surface area contributed by atoms with Crippen LogP contribution in [0.5, 0.6) is 0 Å². The summed E-state index contributed by atoms with van der Waals surface area (Å²) in [7, 11) is 0. The van der Waals surface area contributed by atoms with Gasteiger partial charge in [-0.15, -0.1) is 0 Å². The Hall–Kier alpha value is -1.18. The Bertz CT molecular complexity index is 255. The van der Waals surface area contributed by atoms with Crippen LogP contribution in [0.1, 0.15) is 11.1 Å². The zero-order valence-corrected chi connectivity index (χ0v) is 6.14. The summed E-state index contributed by atoms with van der Waals surface area (Å²) in [6, 6.07) is 6.92. The Morgan fingerprint density at radius 3 is 2.18 bits per heavy atom. The molecule has 0 radical (unpaired) electrons. The van der Waals surface area contributed by atoms with E-state index >= 15 is 0 Å². The summed E-state index contributed by atoms with van der Waals surface area (Å²) >= 11 is 0. The van der Waals surface area contributed by atoms with E-state index in [1.165, 1.54) is 0 Å². The van der Waals surface area contributed by atoms with Crippen molar-refractivity contribution < 1.29 is 8.78 Å². The third-order valence-corrected chi connectivity index (χ3v) is 1.35. The maximum atomic E-state index is 11.7. The highest BCUT2D eigenvalue weighted by atomic mass is 19.3. The molecule has 0 aliphatic carbocycles. The fraction of sp³-hybridized carbons (Fsp3) is 0.111. The monoisotopic (exact) mass is 154 g/mol. The second kappa shape index (κ2) is 3.28. The van der Waals surface area contributed by atoms with E-state index in [2.05, 4.69) is 0 Å². The van der Waals surface area contributed by atoms with Crippen molar-refractivity contribution in [2.24, 2.45) is 0 Å². The molecule has 0 aliphatic rings. The van der Waals surface area contributed by atoms with Crippen molar-refractivity contribution in [1.82, 2.24) is 0 Å². The van der Waals surface area contributed by atoms with E-state index in [0.29, 0.717) is 5.56 Å². The normalized spacial score (nSPS) is 9.36. The van der Waals surface area contributed by atoms with E-state index in [1.54, 1.807) is 24.3 Å². The molecule has 0 fully saturated rings. The Balaban J connectivity index is 2.91. The average Bonchev–Trinajstić information content (AvgIpc) is 1.93. The summed E-state index contributed by atoms with van der Waals surface area (Å²) in [5, 5.41) is 0. The van der Waals surface area contributed by atoms with Crippen LogP contribution in [0, 0.1) is 6.92 Å². The van der Waals surface area contributed by atoms with Crippen LogP contribution in [0.15, 0.2) is 30.3 Å². The lowest BCUT2D eigenvalue weighted by molar-refractivity contribution is 0.429. The van der Waals surface area contributed by atoms with Gasteiger partial charge in [0.05, 0.1) is 0 Å². The lowest BCUT2D eigenvalue weighted by atomic mass is 10.1. The van der Waals surface area contributed by atoms with Crippen LogP contribution < -0.4 is 0 Å². The van der Waals surface area contributed by atoms with Gasteiger partial charge in [0.2, 0.25) is 0 Å². The van der Waals surface area contributed by atoms with Crippen LogP contribution in [-0.2, 0) is 0 Å². The molecule has 2 heteroatoms. The van der Waals surface area contributed by atoms with Gasteiger partial charge < -0.3 is 0 Å². The molecule has 0 saturated heterocycles. The minimum absolute atomic E-state index is 0.538. The van der Waals surface area contributed by atoms with Crippen molar-refractivity contribution in [2.75, 3.05) is 0 Å². The number of rotatable bonds is 1. The molecule has 0 heterocycles. The van der Waals surface area contributed by atoms with Gasteiger partial charge in [0.15, 0.2) is 0 Å². The van der Waals surface area contributed by atoms with Crippen molar-refractivity contribution in [2.45, 2.75) is 6.92 Å². The number of halogens is 2. The molecule has 1 aromatic carbocycles. The largest absolute Gasteiger partial charge is 0.270 e. The molecule has 0 aromatic heterocycles. The topological polar surface area (TPSA) is 0 Å². The molecule has 0 saturated carbocycles. The number of aryl methyl sites for hydroxylation is 1. The molecule has 0 N–H and O–H groups in total. The van der Waals surface area contributed by atoms with Crippen LogP contribution >= 0.6 is 0 Å². The Morgan fingerprint density at radius 2 is 1.73 bits per heavy atom. The molecular weight excluding hydrogens is 146 g/mol. The summed E-state index contributed by atoms with van der Waals surface area (Å²) in [5.74, 6) is 0. The highest BCUT2D eigenvalue weighted by Gasteiger charge is 1.90. The van der Waals surface area contributed by atoms with Gasteiger partial charge in [-0.2, -0.15) is 8.78 Å². The summed E-state index contributed by atoms with van der Waals surface area (Å²) in [6.45, 7) is 1.92. The molecule has 11 heavy (non-hydrogen) atoms. The quantitative estimate of drug-likeness (QED) is 0.582. The minimum Gasteiger partial charge on any atom is -0.173 e. The second-order valence-corrected chi connectivity index (χ2v) is 2.34. The minimum atomic E-state index is -1.66. The molecule has 0 amide bonds. The van der Waals surface area contributed by atoms with E-state index in [0.717, 1.165) is 11.6 Å². The molecule has 0 spiro atoms. The highest BCUT2D eigenvalue weighted by Crippen LogP contribution is 2.09. The van der Waals surface area contributed by atoms with Gasteiger partial charge in [-0.3, -0.25) is 0 Å². The molecule has 0 aliphatic heterocycles. The summed E-state index contributed by atoms with van der Waals surface area (Å²) in [4.78, 5) is 0. The lowest BCUT2D eigenvalue weighted by Crippen LogP contribution is -1.73. The molecule has 1 rings (SSSR count). The van der Waals surface area contributed by atoms with Gasteiger partial charge in [0, 0.05) is 6.08 Å². The Morgan fingerprint density at radius 1 is 1.18 bits per heavy atom. The van der Waals surface area contributed by atoms with E-state index in [4.69, 9.17) is 0 Å². The van der Waals surface area contributed by atoms with Crippen molar-refractivity contribution in [3.8, 4) is 0 Å². The molecule has 0 bridgehead atoms. The van der Waals surface area contributed by atoms with Crippen LogP contribution in [0.3, 0.4) is 0 Å². The van der Waals surface area contributed by atoms with E-state index in [-0.39, 0.29) is 0 Å². The van der Waals surface area contributed by atoms with Crippen molar-refractivity contribution in [3.63, 3.8) is 0 Å². The average molecular weight is 154 g/mol. The van der Waals surface area contributed by atoms with Gasteiger partial charge in [0.1, 0.15) is 0 Å². The van der Waals surface area contributed by atoms with Gasteiger partial charge in [0.25, 0.3) is 6.08 Å². The first kappa shape index (κ1) is 7.92. The van der Waals surface area contributed by atoms with Crippen LogP contribution in [0.25, 0.3) is 6.08 Å². The summed E-state index contributed by atoms with van der Waals surface area (Å²) < 4.78 is 23.4. The maximum absolute atomic E-state index is 11.7. The van der Waals surface area contributed by atoms with Crippen molar-refractivity contribution in [1.29, 1.82) is 0 Å². The Labute approximate surface area is 64.2 Å². The van der Waals surface area contributed by atoms with Crippen molar-refractivity contribution in [3.05, 3.63) is 41.5 Å². The molecular formula is C9H8F2. The first-order valence-electron chi connectivity index (χ1n) is 3.28. The summed E-state index contributed by atoms with van der Waals surface area (Å²) in [6.07, 6.45) is -0.812. The molecule has 1 aromatic rings. The zero-order valence-electron chi connectivity index (χ0n) is 6.14. The molecule has 0 atom stereocenters. The molecule has 0 unspecified atom stereocenters. The SMILES string of the molecule is Cc1ccc(C=C(F)F)cc1. The van der Waals surface area contributed by atoms with E-state index < -0.39 is 6.08 Å². The van der Waals surface area contributed by atoms with Gasteiger partial charge in [-0.05, 0) is 12.5 Å². The second-order valence-electron chi connectivity index (χ2n) is 2.34. The molecule has 58 valence electrons. The zero-order chi connectivity index (χ0) is 8.27. The smallest absolute Gasteiger partial charge is 0.173 e. The number of hydrogen-bond acceptors (Lipinski definition) is 0. The third kappa shape index (κ3) is 2.50. The maximum Gasteiger partial charge on any atom is 0.270 e. The van der Waals surface area contributed by atoms with Crippen LogP contribution in [0.2, 0.25) is 0 Å². The highest BCUT2D eigenvalue weighted by molar-refractivity contribution is 5.49. The third-order valence-electron chi connectivity index (χ3n) is 1.35. The standard InChI is InChI=1S/C9H8F2/c1-7-2-4-8(5-3-7)6-9(10)11/h2-6H,1H3. The first-order valence-corrected chi connectivity index (χ1v) is 3.28. The first-order chi connectivity index (χ1) is 5.18. The fourth-order valence-electron chi connectivity index (χ4n) is 0.789. The molecule has 0 nitrogen and oxygen atoms in total. The predicted octanol–water partition coefficient (Wildman–Crippen LogP) is 3.23. The van der Waals surface area contributed by atoms with E-state index in [1.807, 2.05) is 6.92 Å². The van der Waals surface area contributed by atoms with Crippen LogP contribution in [0.4, 0.5) is 8.78 Å². The number of benzene rings is 1. The van der Waals surface area contributed by atoms with E-state index in [9.17, 15) is 8.78 Å². The fourth-order valence-corrected chi connectivity index (χ4v) is 0.789. The van der Waals surface area contributed by atoms with Gasteiger partial charge in [-0.1, -0.05) is 29.8 Å². The van der Waals surface area contributed by atoms with Crippen LogP contribution in [-0.4, -0.2) is 0 Å². The summed E-state index contributed by atoms with van der Waals surface area (Å²) in [5.41, 5.74) is 1.61.